The van der Waals surface area contributed by atoms with E-state index >= 15 is 0 Å². The normalized spacial score (nSPS) is 10.6. The van der Waals surface area contributed by atoms with Gasteiger partial charge in [-0.3, -0.25) is 0 Å². The van der Waals surface area contributed by atoms with Crippen LogP contribution in [-0.4, -0.2) is 4.57 Å². The number of rotatable bonds is 5. The van der Waals surface area contributed by atoms with Crippen LogP contribution in [0.25, 0.3) is 5.69 Å². The zero-order valence-electron chi connectivity index (χ0n) is 10.1. The summed E-state index contributed by atoms with van der Waals surface area (Å²) >= 11 is 0. The van der Waals surface area contributed by atoms with Gasteiger partial charge in [-0.05, 0) is 18.6 Å². The van der Waals surface area contributed by atoms with E-state index in [9.17, 15) is 4.79 Å². The second-order valence-corrected chi connectivity index (χ2v) is 4.13. The molecule has 0 radical (unpaired) electrons. The van der Waals surface area contributed by atoms with Crippen molar-refractivity contribution in [1.82, 2.24) is 4.57 Å². The molecular formula is C14H17NO2. The maximum Gasteiger partial charge on any atom is 0.423 e. The van der Waals surface area contributed by atoms with Crippen molar-refractivity contribution in [2.45, 2.75) is 32.6 Å². The molecule has 3 nitrogen and oxygen atoms in total. The van der Waals surface area contributed by atoms with Crippen molar-refractivity contribution >= 4 is 0 Å². The van der Waals surface area contributed by atoms with Crippen LogP contribution in [0, 0.1) is 0 Å². The first-order chi connectivity index (χ1) is 8.31. The van der Waals surface area contributed by atoms with Gasteiger partial charge in [0.15, 0.2) is 0 Å². The van der Waals surface area contributed by atoms with Crippen LogP contribution >= 0.6 is 0 Å². The summed E-state index contributed by atoms with van der Waals surface area (Å²) in [6.07, 6.45) is 6.04. The van der Waals surface area contributed by atoms with Crippen LogP contribution in [0.2, 0.25) is 0 Å². The van der Waals surface area contributed by atoms with Gasteiger partial charge in [0.1, 0.15) is 5.76 Å². The highest BCUT2D eigenvalue weighted by atomic mass is 16.4. The van der Waals surface area contributed by atoms with Gasteiger partial charge >= 0.3 is 5.76 Å². The van der Waals surface area contributed by atoms with Crippen molar-refractivity contribution < 1.29 is 4.42 Å². The Bertz CT molecular complexity index is 511. The first-order valence-electron chi connectivity index (χ1n) is 6.08. The van der Waals surface area contributed by atoms with E-state index in [4.69, 9.17) is 4.42 Å². The molecule has 17 heavy (non-hydrogen) atoms. The Morgan fingerprint density at radius 1 is 1.18 bits per heavy atom. The summed E-state index contributed by atoms with van der Waals surface area (Å²) < 4.78 is 6.78. The fourth-order valence-electron chi connectivity index (χ4n) is 1.82. The monoisotopic (exact) mass is 231 g/mol. The molecular weight excluding hydrogens is 214 g/mol. The third kappa shape index (κ3) is 2.87. The maximum absolute atomic E-state index is 11.7. The third-order valence-corrected chi connectivity index (χ3v) is 2.75. The van der Waals surface area contributed by atoms with Crippen molar-refractivity contribution in [2.24, 2.45) is 0 Å². The van der Waals surface area contributed by atoms with Gasteiger partial charge in [0.05, 0.1) is 11.9 Å². The molecule has 0 saturated carbocycles. The minimum Gasteiger partial charge on any atom is -0.413 e. The van der Waals surface area contributed by atoms with Crippen molar-refractivity contribution in [3.63, 3.8) is 0 Å². The number of nitrogens with zero attached hydrogens (tertiary/aromatic N) is 1. The van der Waals surface area contributed by atoms with E-state index in [1.54, 1.807) is 10.8 Å². The van der Waals surface area contributed by atoms with Gasteiger partial charge in [-0.2, -0.15) is 0 Å². The van der Waals surface area contributed by atoms with Crippen molar-refractivity contribution in [3.8, 4) is 5.69 Å². The fourth-order valence-corrected chi connectivity index (χ4v) is 1.82. The van der Waals surface area contributed by atoms with Crippen molar-refractivity contribution in [3.05, 3.63) is 52.8 Å². The van der Waals surface area contributed by atoms with E-state index in [0.717, 1.165) is 24.3 Å². The Morgan fingerprint density at radius 3 is 2.65 bits per heavy atom. The standard InChI is InChI=1S/C14H17NO2/c1-2-3-5-10-13-11-15(14(16)17-13)12-8-6-4-7-9-12/h4,6-9,11H,2-3,5,10H2,1H3. The molecule has 1 heterocycles. The molecule has 0 aliphatic rings. The lowest BCUT2D eigenvalue weighted by atomic mass is 10.2. The summed E-state index contributed by atoms with van der Waals surface area (Å²) in [5, 5.41) is 0. The number of unbranched alkanes of at least 4 members (excludes halogenated alkanes) is 2. The summed E-state index contributed by atoms with van der Waals surface area (Å²) in [6, 6.07) is 9.54. The zero-order chi connectivity index (χ0) is 12.1. The Kier molecular flexibility index (Phi) is 3.81. The largest absolute Gasteiger partial charge is 0.423 e. The maximum atomic E-state index is 11.7. The number of oxazole rings is 1. The van der Waals surface area contributed by atoms with Crippen LogP contribution in [0.1, 0.15) is 31.9 Å². The third-order valence-electron chi connectivity index (χ3n) is 2.75. The lowest BCUT2D eigenvalue weighted by Crippen LogP contribution is -2.10. The van der Waals surface area contributed by atoms with Crippen LogP contribution in [-0.2, 0) is 6.42 Å². The minimum absolute atomic E-state index is 0.303. The highest BCUT2D eigenvalue weighted by molar-refractivity contribution is 5.31. The van der Waals surface area contributed by atoms with E-state index in [1.165, 1.54) is 12.8 Å². The molecule has 1 aromatic carbocycles. The van der Waals surface area contributed by atoms with Crippen LogP contribution in [0.3, 0.4) is 0 Å². The first kappa shape index (κ1) is 11.7. The Balaban J connectivity index is 2.17. The molecule has 90 valence electrons. The zero-order valence-corrected chi connectivity index (χ0v) is 10.1. The van der Waals surface area contributed by atoms with Gasteiger partial charge in [-0.25, -0.2) is 9.36 Å². The van der Waals surface area contributed by atoms with Crippen molar-refractivity contribution in [2.75, 3.05) is 0 Å². The molecule has 1 aromatic heterocycles. The molecule has 0 unspecified atom stereocenters. The Labute approximate surface area is 101 Å². The van der Waals surface area contributed by atoms with E-state index in [0.29, 0.717) is 0 Å². The van der Waals surface area contributed by atoms with E-state index < -0.39 is 0 Å². The second kappa shape index (κ2) is 5.53. The predicted octanol–water partition coefficient (Wildman–Crippen LogP) is 3.16. The summed E-state index contributed by atoms with van der Waals surface area (Å²) in [7, 11) is 0. The van der Waals surface area contributed by atoms with Crippen LogP contribution in [0.15, 0.2) is 45.7 Å². The van der Waals surface area contributed by atoms with E-state index in [1.807, 2.05) is 30.3 Å². The Hall–Kier alpha value is -1.77. The van der Waals surface area contributed by atoms with Gasteiger partial charge < -0.3 is 4.42 Å². The van der Waals surface area contributed by atoms with Gasteiger partial charge in [0.2, 0.25) is 0 Å². The van der Waals surface area contributed by atoms with Crippen molar-refractivity contribution in [1.29, 1.82) is 0 Å². The second-order valence-electron chi connectivity index (χ2n) is 4.13. The number of aromatic nitrogens is 1. The first-order valence-corrected chi connectivity index (χ1v) is 6.08. The average Bonchev–Trinajstić information content (AvgIpc) is 2.72. The molecule has 0 aliphatic heterocycles. The molecule has 3 heteroatoms. The molecule has 0 spiro atoms. The lowest BCUT2D eigenvalue weighted by molar-refractivity contribution is 0.454. The van der Waals surface area contributed by atoms with Gasteiger partial charge in [0.25, 0.3) is 0 Å². The van der Waals surface area contributed by atoms with E-state index in [-0.39, 0.29) is 5.76 Å². The lowest BCUT2D eigenvalue weighted by Gasteiger charge is -1.97. The number of aryl methyl sites for hydroxylation is 1. The summed E-state index contributed by atoms with van der Waals surface area (Å²) in [5.74, 6) is 0.468. The number of benzene rings is 1. The molecule has 2 rings (SSSR count). The van der Waals surface area contributed by atoms with Crippen LogP contribution in [0.5, 0.6) is 0 Å². The predicted molar refractivity (Wildman–Crippen MR) is 67.5 cm³/mol. The molecule has 0 atom stereocenters. The highest BCUT2D eigenvalue weighted by Crippen LogP contribution is 2.09. The SMILES string of the molecule is CCCCCc1cn(-c2ccccc2)c(=O)o1. The number of hydrogen-bond donors (Lipinski definition) is 0. The summed E-state index contributed by atoms with van der Waals surface area (Å²) in [5.41, 5.74) is 0.850. The topological polar surface area (TPSA) is 35.1 Å². The van der Waals surface area contributed by atoms with Gasteiger partial charge in [0, 0.05) is 6.42 Å². The quantitative estimate of drug-likeness (QED) is 0.741. The summed E-state index contributed by atoms with van der Waals surface area (Å²) in [6.45, 7) is 2.16. The molecule has 2 aromatic rings. The smallest absolute Gasteiger partial charge is 0.413 e. The molecule has 0 amide bonds. The molecule has 0 N–H and O–H groups in total. The number of para-hydroxylation sites is 1. The fraction of sp³-hybridized carbons (Fsp3) is 0.357. The van der Waals surface area contributed by atoms with Gasteiger partial charge in [-0.15, -0.1) is 0 Å². The molecule has 0 fully saturated rings. The summed E-state index contributed by atoms with van der Waals surface area (Å²) in [4.78, 5) is 11.7. The number of hydrogen-bond acceptors (Lipinski definition) is 2. The highest BCUT2D eigenvalue weighted by Gasteiger charge is 2.06. The van der Waals surface area contributed by atoms with Gasteiger partial charge in [-0.1, -0.05) is 38.0 Å². The molecule has 0 bridgehead atoms. The van der Waals surface area contributed by atoms with Crippen LogP contribution < -0.4 is 5.76 Å². The van der Waals surface area contributed by atoms with Crippen LogP contribution in [0.4, 0.5) is 0 Å². The van der Waals surface area contributed by atoms with E-state index in [2.05, 4.69) is 6.92 Å². The Morgan fingerprint density at radius 2 is 1.94 bits per heavy atom. The average molecular weight is 231 g/mol. The molecule has 0 aliphatic carbocycles. The molecule has 0 saturated heterocycles. The minimum atomic E-state index is -0.303.